The van der Waals surface area contributed by atoms with Gasteiger partial charge in [-0.15, -0.1) is 0 Å². The summed E-state index contributed by atoms with van der Waals surface area (Å²) >= 11 is 0. The van der Waals surface area contributed by atoms with E-state index in [-0.39, 0.29) is 11.9 Å². The van der Waals surface area contributed by atoms with Crippen LogP contribution in [0.2, 0.25) is 0 Å². The Morgan fingerprint density at radius 1 is 1.53 bits per heavy atom. The zero-order chi connectivity index (χ0) is 10.7. The third-order valence-corrected chi connectivity index (χ3v) is 2.98. The summed E-state index contributed by atoms with van der Waals surface area (Å²) in [5, 5.41) is 3.37. The minimum absolute atomic E-state index is 0.0919. The first-order valence-electron chi connectivity index (χ1n) is 5.49. The zero-order valence-electron chi connectivity index (χ0n) is 8.75. The van der Waals surface area contributed by atoms with Gasteiger partial charge in [0.15, 0.2) is 0 Å². The average Bonchev–Trinajstić information content (AvgIpc) is 2.70. The summed E-state index contributed by atoms with van der Waals surface area (Å²) in [6, 6.07) is 7.18. The zero-order valence-corrected chi connectivity index (χ0v) is 8.75. The Balaban J connectivity index is 1.95. The van der Waals surface area contributed by atoms with Crippen LogP contribution in [0.1, 0.15) is 18.4 Å². The van der Waals surface area contributed by atoms with Gasteiger partial charge in [0.1, 0.15) is 5.82 Å². The molecule has 15 heavy (non-hydrogen) atoms. The smallest absolute Gasteiger partial charge is 0.123 e. The number of halogens is 1. The average molecular weight is 208 g/mol. The molecule has 1 aromatic carbocycles. The molecule has 2 unspecified atom stereocenters. The van der Waals surface area contributed by atoms with Crippen molar-refractivity contribution in [1.29, 1.82) is 0 Å². The topological polar surface area (TPSA) is 38.0 Å². The van der Waals surface area contributed by atoms with Gasteiger partial charge in [0, 0.05) is 12.1 Å². The van der Waals surface area contributed by atoms with Crippen molar-refractivity contribution in [2.24, 2.45) is 5.73 Å². The summed E-state index contributed by atoms with van der Waals surface area (Å²) in [6.07, 6.45) is 3.08. The van der Waals surface area contributed by atoms with Crippen molar-refractivity contribution < 1.29 is 4.39 Å². The van der Waals surface area contributed by atoms with Gasteiger partial charge in [-0.25, -0.2) is 4.39 Å². The number of nitrogens with two attached hydrogens (primary N) is 1. The SMILES string of the molecule is NC(Cc1cccc(F)c1)C1CCCN1. The van der Waals surface area contributed by atoms with Crippen LogP contribution in [0.5, 0.6) is 0 Å². The number of hydrogen-bond donors (Lipinski definition) is 2. The maximum Gasteiger partial charge on any atom is 0.123 e. The van der Waals surface area contributed by atoms with E-state index in [1.165, 1.54) is 12.5 Å². The van der Waals surface area contributed by atoms with Crippen molar-refractivity contribution in [2.45, 2.75) is 31.3 Å². The molecule has 82 valence electrons. The molecular weight excluding hydrogens is 191 g/mol. The molecule has 2 rings (SSSR count). The normalized spacial score (nSPS) is 22.9. The van der Waals surface area contributed by atoms with E-state index >= 15 is 0 Å². The van der Waals surface area contributed by atoms with Crippen molar-refractivity contribution in [2.75, 3.05) is 6.54 Å². The van der Waals surface area contributed by atoms with Crippen LogP contribution < -0.4 is 11.1 Å². The van der Waals surface area contributed by atoms with Crippen molar-refractivity contribution in [1.82, 2.24) is 5.32 Å². The number of hydrogen-bond acceptors (Lipinski definition) is 2. The van der Waals surface area contributed by atoms with Crippen LogP contribution in [0, 0.1) is 5.82 Å². The predicted octanol–water partition coefficient (Wildman–Crippen LogP) is 1.45. The molecule has 0 bridgehead atoms. The fourth-order valence-corrected chi connectivity index (χ4v) is 2.16. The van der Waals surface area contributed by atoms with Gasteiger partial charge in [-0.05, 0) is 43.5 Å². The molecule has 0 aromatic heterocycles. The lowest BCUT2D eigenvalue weighted by atomic mass is 9.99. The van der Waals surface area contributed by atoms with Crippen molar-refractivity contribution in [3.8, 4) is 0 Å². The molecule has 0 spiro atoms. The Morgan fingerprint density at radius 3 is 3.07 bits per heavy atom. The van der Waals surface area contributed by atoms with Crippen molar-refractivity contribution in [3.05, 3.63) is 35.6 Å². The van der Waals surface area contributed by atoms with E-state index in [9.17, 15) is 4.39 Å². The Hall–Kier alpha value is -0.930. The van der Waals surface area contributed by atoms with Gasteiger partial charge in [0.25, 0.3) is 0 Å². The van der Waals surface area contributed by atoms with Gasteiger partial charge >= 0.3 is 0 Å². The minimum atomic E-state index is -0.181. The van der Waals surface area contributed by atoms with E-state index in [0.29, 0.717) is 6.04 Å². The molecule has 0 saturated carbocycles. The molecule has 3 N–H and O–H groups in total. The first kappa shape index (κ1) is 10.6. The second-order valence-corrected chi connectivity index (χ2v) is 4.20. The fourth-order valence-electron chi connectivity index (χ4n) is 2.16. The highest BCUT2D eigenvalue weighted by atomic mass is 19.1. The van der Waals surface area contributed by atoms with Crippen molar-refractivity contribution >= 4 is 0 Å². The summed E-state index contributed by atoms with van der Waals surface area (Å²) in [4.78, 5) is 0. The summed E-state index contributed by atoms with van der Waals surface area (Å²) in [7, 11) is 0. The van der Waals surface area contributed by atoms with Crippen molar-refractivity contribution in [3.63, 3.8) is 0 Å². The van der Waals surface area contributed by atoms with Crippen LogP contribution in [0.4, 0.5) is 4.39 Å². The first-order chi connectivity index (χ1) is 7.25. The highest BCUT2D eigenvalue weighted by Gasteiger charge is 2.21. The van der Waals surface area contributed by atoms with Crippen LogP contribution in [-0.4, -0.2) is 18.6 Å². The van der Waals surface area contributed by atoms with Crippen LogP contribution in [0.15, 0.2) is 24.3 Å². The van der Waals surface area contributed by atoms with Gasteiger partial charge in [0.05, 0.1) is 0 Å². The minimum Gasteiger partial charge on any atom is -0.326 e. The Labute approximate surface area is 89.7 Å². The van der Waals surface area contributed by atoms with Crippen LogP contribution >= 0.6 is 0 Å². The standard InChI is InChI=1S/C12H17FN2/c13-10-4-1-3-9(7-10)8-11(14)12-5-2-6-15-12/h1,3-4,7,11-12,15H,2,5-6,8,14H2. The van der Waals surface area contributed by atoms with Gasteiger partial charge in [0.2, 0.25) is 0 Å². The summed E-state index contributed by atoms with van der Waals surface area (Å²) in [6.45, 7) is 1.06. The summed E-state index contributed by atoms with van der Waals surface area (Å²) in [5.74, 6) is -0.181. The van der Waals surface area contributed by atoms with Gasteiger partial charge in [-0.1, -0.05) is 12.1 Å². The molecule has 3 heteroatoms. The molecular formula is C12H17FN2. The number of benzene rings is 1. The van der Waals surface area contributed by atoms with Gasteiger partial charge < -0.3 is 11.1 Å². The third-order valence-electron chi connectivity index (χ3n) is 2.98. The second-order valence-electron chi connectivity index (χ2n) is 4.20. The molecule has 2 nitrogen and oxygen atoms in total. The van der Waals surface area contributed by atoms with E-state index in [1.54, 1.807) is 12.1 Å². The lowest BCUT2D eigenvalue weighted by molar-refractivity contribution is 0.480. The largest absolute Gasteiger partial charge is 0.326 e. The molecule has 1 fully saturated rings. The number of nitrogens with one attached hydrogen (secondary N) is 1. The van der Waals surface area contributed by atoms with E-state index in [1.807, 2.05) is 6.07 Å². The molecule has 1 saturated heterocycles. The summed E-state index contributed by atoms with van der Waals surface area (Å²) < 4.78 is 12.9. The Bertz CT molecular complexity index is 321. The van der Waals surface area contributed by atoms with Crippen LogP contribution in [-0.2, 0) is 6.42 Å². The maximum absolute atomic E-state index is 12.9. The molecule has 1 aliphatic heterocycles. The number of rotatable bonds is 3. The molecule has 1 heterocycles. The Kier molecular flexibility index (Phi) is 3.34. The molecule has 2 atom stereocenters. The molecule has 0 radical (unpaired) electrons. The Morgan fingerprint density at radius 2 is 2.40 bits per heavy atom. The highest BCUT2D eigenvalue weighted by molar-refractivity contribution is 5.17. The van der Waals surface area contributed by atoms with Crippen LogP contribution in [0.3, 0.4) is 0 Å². The highest BCUT2D eigenvalue weighted by Crippen LogP contribution is 2.12. The van der Waals surface area contributed by atoms with Crippen LogP contribution in [0.25, 0.3) is 0 Å². The monoisotopic (exact) mass is 208 g/mol. The van der Waals surface area contributed by atoms with E-state index in [2.05, 4.69) is 5.32 Å². The quantitative estimate of drug-likeness (QED) is 0.789. The first-order valence-corrected chi connectivity index (χ1v) is 5.49. The lowest BCUT2D eigenvalue weighted by Gasteiger charge is -2.19. The maximum atomic E-state index is 12.9. The predicted molar refractivity (Wildman–Crippen MR) is 59.1 cm³/mol. The van der Waals surface area contributed by atoms with Gasteiger partial charge in [-0.2, -0.15) is 0 Å². The molecule has 1 aromatic rings. The van der Waals surface area contributed by atoms with Gasteiger partial charge in [-0.3, -0.25) is 0 Å². The van der Waals surface area contributed by atoms with E-state index < -0.39 is 0 Å². The molecule has 0 aliphatic carbocycles. The lowest BCUT2D eigenvalue weighted by Crippen LogP contribution is -2.42. The van der Waals surface area contributed by atoms with E-state index in [4.69, 9.17) is 5.73 Å². The molecule has 1 aliphatic rings. The third kappa shape index (κ3) is 2.76. The fraction of sp³-hybridized carbons (Fsp3) is 0.500. The summed E-state index contributed by atoms with van der Waals surface area (Å²) in [5.41, 5.74) is 7.06. The molecule has 0 amide bonds. The van der Waals surface area contributed by atoms with E-state index in [0.717, 1.165) is 24.9 Å². The second kappa shape index (κ2) is 4.73.